The summed E-state index contributed by atoms with van der Waals surface area (Å²) in [6.07, 6.45) is 0.614. The molecule has 8 nitrogen and oxygen atoms in total. The van der Waals surface area contributed by atoms with Crippen LogP contribution >= 0.6 is 0 Å². The number of nitrogens with one attached hydrogen (secondary N) is 1. The first kappa shape index (κ1) is 15.9. The van der Waals surface area contributed by atoms with Gasteiger partial charge in [0, 0.05) is 18.8 Å². The molecule has 1 aliphatic heterocycles. The zero-order chi connectivity index (χ0) is 15.8. The maximum absolute atomic E-state index is 12.5. The lowest BCUT2D eigenvalue weighted by Crippen LogP contribution is -2.41. The smallest absolute Gasteiger partial charge is 0.340 e. The predicted molar refractivity (Wildman–Crippen MR) is 73.4 cm³/mol. The van der Waals surface area contributed by atoms with Crippen LogP contribution in [0.5, 0.6) is 0 Å². The Bertz CT molecular complexity index is 629. The molecule has 2 heterocycles. The molecular weight excluding hydrogens is 298 g/mol. The van der Waals surface area contributed by atoms with Gasteiger partial charge in [-0.05, 0) is 32.6 Å². The topological polar surface area (TPSA) is 124 Å². The molecule has 21 heavy (non-hydrogen) atoms. The van der Waals surface area contributed by atoms with Gasteiger partial charge in [-0.3, -0.25) is 5.10 Å². The summed E-state index contributed by atoms with van der Waals surface area (Å²) in [4.78, 5) is 11.2. The first-order valence-corrected chi connectivity index (χ1v) is 8.15. The van der Waals surface area contributed by atoms with Gasteiger partial charge in [-0.25, -0.2) is 13.2 Å². The van der Waals surface area contributed by atoms with Crippen molar-refractivity contribution in [1.29, 1.82) is 0 Å². The van der Waals surface area contributed by atoms with Crippen LogP contribution in [0.25, 0.3) is 0 Å². The summed E-state index contributed by atoms with van der Waals surface area (Å²) in [5.41, 5.74) is -0.104. The second-order valence-electron chi connectivity index (χ2n) is 5.32. The van der Waals surface area contributed by atoms with Crippen molar-refractivity contribution in [2.24, 2.45) is 5.92 Å². The number of aryl methyl sites for hydroxylation is 1. The number of hydrogen-bond acceptors (Lipinski definition) is 5. The Morgan fingerprint density at radius 3 is 2.48 bits per heavy atom. The Balaban J connectivity index is 2.26. The Kier molecular flexibility index (Phi) is 4.35. The van der Waals surface area contributed by atoms with Crippen molar-refractivity contribution in [2.75, 3.05) is 13.1 Å². The number of aromatic amines is 1. The van der Waals surface area contributed by atoms with E-state index in [1.165, 1.54) is 11.2 Å². The highest BCUT2D eigenvalue weighted by Gasteiger charge is 2.36. The minimum absolute atomic E-state index is 0.0660. The van der Waals surface area contributed by atoms with Crippen LogP contribution < -0.4 is 0 Å². The van der Waals surface area contributed by atoms with Crippen molar-refractivity contribution in [3.63, 3.8) is 0 Å². The van der Waals surface area contributed by atoms with Crippen LogP contribution in [0.3, 0.4) is 0 Å². The lowest BCUT2D eigenvalue weighted by Gasteiger charge is -2.32. The standard InChI is InChI=1S/C12H19N3O5S/c1-7-10(12(17)18)11(14-13-7)21(19,20)15-5-3-9(4-6-15)8(2)16/h8-9,16H,3-6H2,1-2H3,(H,13,14)(H,17,18). The summed E-state index contributed by atoms with van der Waals surface area (Å²) in [6.45, 7) is 3.66. The number of nitrogens with zero attached hydrogens (tertiary/aromatic N) is 2. The molecule has 1 fully saturated rings. The van der Waals surface area contributed by atoms with Crippen molar-refractivity contribution < 1.29 is 23.4 Å². The number of carboxylic acids is 1. The molecule has 3 N–H and O–H groups in total. The number of carbonyl (C=O) groups is 1. The first-order valence-electron chi connectivity index (χ1n) is 6.71. The Labute approximate surface area is 122 Å². The molecule has 1 saturated heterocycles. The SMILES string of the molecule is Cc1[nH]nc(S(=O)(=O)N2CCC(C(C)O)CC2)c1C(=O)O. The van der Waals surface area contributed by atoms with Crippen LogP contribution in [0.15, 0.2) is 5.03 Å². The third kappa shape index (κ3) is 2.94. The molecule has 0 saturated carbocycles. The van der Waals surface area contributed by atoms with E-state index in [4.69, 9.17) is 5.11 Å². The summed E-state index contributed by atoms with van der Waals surface area (Å²) in [7, 11) is -3.94. The fourth-order valence-electron chi connectivity index (χ4n) is 2.57. The average molecular weight is 317 g/mol. The molecule has 9 heteroatoms. The van der Waals surface area contributed by atoms with Crippen LogP contribution in [0.1, 0.15) is 35.8 Å². The summed E-state index contributed by atoms with van der Waals surface area (Å²) in [5, 5.41) is 24.3. The first-order chi connectivity index (χ1) is 9.75. The van der Waals surface area contributed by atoms with Gasteiger partial charge in [-0.2, -0.15) is 9.40 Å². The summed E-state index contributed by atoms with van der Waals surface area (Å²) in [5.74, 6) is -1.25. The normalized spacial score (nSPS) is 19.6. The molecule has 1 aliphatic rings. The number of sulfonamides is 1. The van der Waals surface area contributed by atoms with Gasteiger partial charge in [-0.1, -0.05) is 0 Å². The van der Waals surface area contributed by atoms with Crippen LogP contribution in [-0.2, 0) is 10.0 Å². The van der Waals surface area contributed by atoms with E-state index in [2.05, 4.69) is 10.2 Å². The van der Waals surface area contributed by atoms with Crippen LogP contribution in [0, 0.1) is 12.8 Å². The van der Waals surface area contributed by atoms with Crippen molar-refractivity contribution >= 4 is 16.0 Å². The van der Waals surface area contributed by atoms with Gasteiger partial charge < -0.3 is 10.2 Å². The quantitative estimate of drug-likeness (QED) is 0.728. The van der Waals surface area contributed by atoms with Gasteiger partial charge >= 0.3 is 5.97 Å². The Morgan fingerprint density at radius 2 is 2.00 bits per heavy atom. The average Bonchev–Trinajstić information content (AvgIpc) is 2.81. The van der Waals surface area contributed by atoms with Gasteiger partial charge in [0.25, 0.3) is 10.0 Å². The highest BCUT2D eigenvalue weighted by Crippen LogP contribution is 2.27. The van der Waals surface area contributed by atoms with E-state index in [-0.39, 0.29) is 30.3 Å². The monoisotopic (exact) mass is 317 g/mol. The van der Waals surface area contributed by atoms with Crippen LogP contribution in [-0.4, -0.2) is 58.3 Å². The number of aliphatic hydroxyl groups is 1. The van der Waals surface area contributed by atoms with E-state index < -0.39 is 27.1 Å². The van der Waals surface area contributed by atoms with E-state index in [1.54, 1.807) is 6.92 Å². The largest absolute Gasteiger partial charge is 0.478 e. The maximum Gasteiger partial charge on any atom is 0.340 e. The number of hydrogen-bond donors (Lipinski definition) is 3. The fourth-order valence-corrected chi connectivity index (χ4v) is 4.16. The molecule has 0 spiro atoms. The number of rotatable bonds is 4. The predicted octanol–water partition coefficient (Wildman–Crippen LogP) is 0.198. The summed E-state index contributed by atoms with van der Waals surface area (Å²) < 4.78 is 26.3. The lowest BCUT2D eigenvalue weighted by molar-refractivity contribution is 0.0691. The molecule has 0 aromatic carbocycles. The van der Waals surface area contributed by atoms with Gasteiger partial charge in [-0.15, -0.1) is 0 Å². The molecule has 2 rings (SSSR count). The van der Waals surface area contributed by atoms with Gasteiger partial charge in [0.2, 0.25) is 5.03 Å². The Morgan fingerprint density at radius 1 is 1.43 bits per heavy atom. The summed E-state index contributed by atoms with van der Waals surface area (Å²) in [6, 6.07) is 0. The molecule has 0 amide bonds. The van der Waals surface area contributed by atoms with E-state index in [0.29, 0.717) is 12.8 Å². The van der Waals surface area contributed by atoms with E-state index in [1.807, 2.05) is 0 Å². The maximum atomic E-state index is 12.5. The van der Waals surface area contributed by atoms with Crippen molar-refractivity contribution in [1.82, 2.24) is 14.5 Å². The van der Waals surface area contributed by atoms with Crippen molar-refractivity contribution in [3.05, 3.63) is 11.3 Å². The second-order valence-corrected chi connectivity index (χ2v) is 7.17. The van der Waals surface area contributed by atoms with E-state index in [0.717, 1.165) is 0 Å². The minimum Gasteiger partial charge on any atom is -0.478 e. The number of aromatic carboxylic acids is 1. The lowest BCUT2D eigenvalue weighted by atomic mass is 9.93. The number of carboxylic acid groups (broad SMARTS) is 1. The van der Waals surface area contributed by atoms with Gasteiger partial charge in [0.1, 0.15) is 5.56 Å². The Hall–Kier alpha value is -1.45. The van der Waals surface area contributed by atoms with E-state index >= 15 is 0 Å². The van der Waals surface area contributed by atoms with Crippen LogP contribution in [0.4, 0.5) is 0 Å². The molecule has 118 valence electrons. The number of H-pyrrole nitrogens is 1. The van der Waals surface area contributed by atoms with Crippen molar-refractivity contribution in [2.45, 2.75) is 37.8 Å². The zero-order valence-electron chi connectivity index (χ0n) is 11.9. The molecule has 1 aromatic heterocycles. The third-order valence-electron chi connectivity index (χ3n) is 3.89. The highest BCUT2D eigenvalue weighted by molar-refractivity contribution is 7.89. The van der Waals surface area contributed by atoms with Crippen LogP contribution in [0.2, 0.25) is 0 Å². The molecule has 1 unspecified atom stereocenters. The molecule has 0 bridgehead atoms. The molecule has 1 atom stereocenters. The molecule has 1 aromatic rings. The van der Waals surface area contributed by atoms with Gasteiger partial charge in [0.15, 0.2) is 0 Å². The number of piperidine rings is 1. The van der Waals surface area contributed by atoms with E-state index in [9.17, 15) is 18.3 Å². The second kappa shape index (κ2) is 5.74. The van der Waals surface area contributed by atoms with Crippen molar-refractivity contribution in [3.8, 4) is 0 Å². The van der Waals surface area contributed by atoms with Gasteiger partial charge in [0.05, 0.1) is 6.10 Å². The highest BCUT2D eigenvalue weighted by atomic mass is 32.2. The molecular formula is C12H19N3O5S. The summed E-state index contributed by atoms with van der Waals surface area (Å²) >= 11 is 0. The molecule has 0 radical (unpaired) electrons. The number of aromatic nitrogens is 2. The zero-order valence-corrected chi connectivity index (χ0v) is 12.7. The minimum atomic E-state index is -3.94. The number of aliphatic hydroxyl groups excluding tert-OH is 1. The fraction of sp³-hybridized carbons (Fsp3) is 0.667. The molecule has 0 aliphatic carbocycles. The third-order valence-corrected chi connectivity index (χ3v) is 5.72.